The third-order valence-corrected chi connectivity index (χ3v) is 5.15. The molecule has 1 unspecified atom stereocenters. The predicted octanol–water partition coefficient (Wildman–Crippen LogP) is 1.56. The number of aliphatic carboxylic acids is 1. The number of hydrogen-bond acceptors (Lipinski definition) is 6. The van der Waals surface area contributed by atoms with Crippen molar-refractivity contribution in [2.24, 2.45) is 0 Å². The summed E-state index contributed by atoms with van der Waals surface area (Å²) in [4.78, 5) is 25.4. The number of amides is 1. The van der Waals surface area contributed by atoms with Gasteiger partial charge in [0.2, 0.25) is 5.91 Å². The first kappa shape index (κ1) is 18.5. The summed E-state index contributed by atoms with van der Waals surface area (Å²) >= 11 is 0. The van der Waals surface area contributed by atoms with Crippen LogP contribution in [0, 0.1) is 5.82 Å². The maximum absolute atomic E-state index is 14.2. The predicted molar refractivity (Wildman–Crippen MR) is 96.6 cm³/mol. The summed E-state index contributed by atoms with van der Waals surface area (Å²) in [5.41, 5.74) is 0.577. The Labute approximate surface area is 160 Å². The third-order valence-electron chi connectivity index (χ3n) is 5.15. The molecule has 4 rings (SSSR count). The van der Waals surface area contributed by atoms with Gasteiger partial charge < -0.3 is 10.4 Å². The van der Waals surface area contributed by atoms with Crippen molar-refractivity contribution in [3.8, 4) is 5.69 Å². The van der Waals surface area contributed by atoms with Crippen LogP contribution < -0.4 is 5.32 Å². The van der Waals surface area contributed by atoms with Crippen LogP contribution in [-0.2, 0) is 9.59 Å². The molecule has 1 saturated heterocycles. The van der Waals surface area contributed by atoms with E-state index in [2.05, 4.69) is 20.8 Å². The van der Waals surface area contributed by atoms with Crippen molar-refractivity contribution in [1.82, 2.24) is 25.1 Å². The van der Waals surface area contributed by atoms with Crippen molar-refractivity contribution in [3.05, 3.63) is 29.8 Å². The van der Waals surface area contributed by atoms with Crippen LogP contribution in [0.3, 0.4) is 0 Å². The number of likely N-dealkylation sites (tertiary alicyclic amines) is 1. The number of carboxylic acid groups (broad SMARTS) is 1. The van der Waals surface area contributed by atoms with Gasteiger partial charge in [-0.05, 0) is 60.9 Å². The Morgan fingerprint density at radius 2 is 2.07 bits per heavy atom. The molecule has 10 heteroatoms. The van der Waals surface area contributed by atoms with Gasteiger partial charge in [-0.15, -0.1) is 5.10 Å². The number of hydrogen-bond donors (Lipinski definition) is 2. The molecule has 1 aliphatic carbocycles. The van der Waals surface area contributed by atoms with Crippen LogP contribution >= 0.6 is 0 Å². The Bertz CT molecular complexity index is 897. The molecule has 2 aromatic rings. The van der Waals surface area contributed by atoms with Crippen LogP contribution in [0.15, 0.2) is 18.2 Å². The molecule has 1 aromatic carbocycles. The van der Waals surface area contributed by atoms with Crippen molar-refractivity contribution < 1.29 is 19.1 Å². The van der Waals surface area contributed by atoms with E-state index in [-0.39, 0.29) is 12.2 Å². The molecule has 0 bridgehead atoms. The molecule has 28 heavy (non-hydrogen) atoms. The van der Waals surface area contributed by atoms with E-state index in [1.54, 1.807) is 15.6 Å². The SMILES string of the molecule is O=C(CN1CCCCC1C(=O)O)Nc1cc(-n2nnnc2C2CC2)ccc1F. The molecule has 0 spiro atoms. The minimum Gasteiger partial charge on any atom is -0.480 e. The van der Waals surface area contributed by atoms with Crippen LogP contribution in [0.4, 0.5) is 10.1 Å². The first-order chi connectivity index (χ1) is 13.5. The van der Waals surface area contributed by atoms with Crippen molar-refractivity contribution >= 4 is 17.6 Å². The molecular formula is C18H21FN6O3. The van der Waals surface area contributed by atoms with Crippen molar-refractivity contribution in [2.75, 3.05) is 18.4 Å². The second-order valence-electron chi connectivity index (χ2n) is 7.26. The highest BCUT2D eigenvalue weighted by Gasteiger charge is 2.31. The summed E-state index contributed by atoms with van der Waals surface area (Å²) in [5, 5.41) is 23.6. The van der Waals surface area contributed by atoms with E-state index in [1.165, 1.54) is 12.1 Å². The smallest absolute Gasteiger partial charge is 0.320 e. The summed E-state index contributed by atoms with van der Waals surface area (Å²) in [6.45, 7) is 0.432. The lowest BCUT2D eigenvalue weighted by Crippen LogP contribution is -2.47. The molecular weight excluding hydrogens is 367 g/mol. The quantitative estimate of drug-likeness (QED) is 0.772. The van der Waals surface area contributed by atoms with Gasteiger partial charge in [0.15, 0.2) is 5.82 Å². The number of anilines is 1. The van der Waals surface area contributed by atoms with E-state index in [1.807, 2.05) is 0 Å². The molecule has 0 radical (unpaired) electrons. The molecule has 1 aliphatic heterocycles. The lowest BCUT2D eigenvalue weighted by atomic mass is 10.0. The van der Waals surface area contributed by atoms with Crippen LogP contribution in [-0.4, -0.2) is 61.2 Å². The monoisotopic (exact) mass is 388 g/mol. The highest BCUT2D eigenvalue weighted by atomic mass is 19.1. The fraction of sp³-hybridized carbons (Fsp3) is 0.500. The first-order valence-electron chi connectivity index (χ1n) is 9.38. The number of piperidine rings is 1. The highest BCUT2D eigenvalue weighted by molar-refractivity contribution is 5.93. The second kappa shape index (κ2) is 7.63. The van der Waals surface area contributed by atoms with E-state index in [0.717, 1.165) is 31.5 Å². The lowest BCUT2D eigenvalue weighted by Gasteiger charge is -2.32. The molecule has 1 saturated carbocycles. The third kappa shape index (κ3) is 3.86. The molecule has 1 amide bonds. The zero-order valence-corrected chi connectivity index (χ0v) is 15.2. The Kier molecular flexibility index (Phi) is 5.03. The van der Waals surface area contributed by atoms with Crippen LogP contribution in [0.2, 0.25) is 0 Å². The zero-order valence-electron chi connectivity index (χ0n) is 15.2. The minimum atomic E-state index is -0.938. The van der Waals surface area contributed by atoms with Crippen LogP contribution in [0.25, 0.3) is 5.69 Å². The fourth-order valence-electron chi connectivity index (χ4n) is 3.55. The number of nitrogens with one attached hydrogen (secondary N) is 1. The number of rotatable bonds is 6. The molecule has 2 fully saturated rings. The van der Waals surface area contributed by atoms with Gasteiger partial charge in [0.05, 0.1) is 17.9 Å². The molecule has 9 nitrogen and oxygen atoms in total. The standard InChI is InChI=1S/C18H21FN6O3/c19-13-7-6-12(25-17(11-4-5-11)21-22-23-25)9-14(13)20-16(26)10-24-8-2-1-3-15(24)18(27)28/h6-7,9,11,15H,1-5,8,10H2,(H,20,26)(H,27,28). The van der Waals surface area contributed by atoms with Crippen LogP contribution in [0.1, 0.15) is 43.8 Å². The Balaban J connectivity index is 1.49. The Morgan fingerprint density at radius 3 is 2.82 bits per heavy atom. The average Bonchev–Trinajstić information content (AvgIpc) is 3.40. The molecule has 2 N–H and O–H groups in total. The molecule has 2 aliphatic rings. The van der Waals surface area contributed by atoms with Gasteiger partial charge in [0.1, 0.15) is 11.9 Å². The highest BCUT2D eigenvalue weighted by Crippen LogP contribution is 2.39. The van der Waals surface area contributed by atoms with Crippen LogP contribution in [0.5, 0.6) is 0 Å². The first-order valence-corrected chi connectivity index (χ1v) is 9.38. The summed E-state index contributed by atoms with van der Waals surface area (Å²) in [7, 11) is 0. The summed E-state index contributed by atoms with van der Waals surface area (Å²) in [6, 6.07) is 3.61. The minimum absolute atomic E-state index is 0.0173. The van der Waals surface area contributed by atoms with Gasteiger partial charge in [-0.3, -0.25) is 14.5 Å². The van der Waals surface area contributed by atoms with Gasteiger partial charge >= 0.3 is 5.97 Å². The zero-order chi connectivity index (χ0) is 19.7. The number of carboxylic acids is 1. The summed E-state index contributed by atoms with van der Waals surface area (Å²) in [6.07, 6.45) is 4.21. The van der Waals surface area contributed by atoms with E-state index in [9.17, 15) is 19.1 Å². The van der Waals surface area contributed by atoms with Gasteiger partial charge in [0.25, 0.3) is 0 Å². The molecule has 1 atom stereocenters. The maximum Gasteiger partial charge on any atom is 0.320 e. The summed E-state index contributed by atoms with van der Waals surface area (Å²) in [5.74, 6) is -0.937. The largest absolute Gasteiger partial charge is 0.480 e. The van der Waals surface area contributed by atoms with E-state index in [0.29, 0.717) is 24.6 Å². The molecule has 1 aromatic heterocycles. The van der Waals surface area contributed by atoms with E-state index in [4.69, 9.17) is 0 Å². The van der Waals surface area contributed by atoms with Crippen molar-refractivity contribution in [2.45, 2.75) is 44.1 Å². The fourth-order valence-corrected chi connectivity index (χ4v) is 3.55. The van der Waals surface area contributed by atoms with Crippen molar-refractivity contribution in [3.63, 3.8) is 0 Å². The lowest BCUT2D eigenvalue weighted by molar-refractivity contribution is -0.145. The topological polar surface area (TPSA) is 113 Å². The van der Waals surface area contributed by atoms with E-state index < -0.39 is 23.7 Å². The number of carbonyl (C=O) groups is 2. The van der Waals surface area contributed by atoms with Gasteiger partial charge in [0, 0.05) is 5.92 Å². The molecule has 148 valence electrons. The Morgan fingerprint density at radius 1 is 1.25 bits per heavy atom. The van der Waals surface area contributed by atoms with Gasteiger partial charge in [-0.1, -0.05) is 6.42 Å². The number of tetrazole rings is 1. The van der Waals surface area contributed by atoms with Gasteiger partial charge in [-0.2, -0.15) is 4.68 Å². The normalized spacial score (nSPS) is 20.1. The molecule has 2 heterocycles. The Hall–Kier alpha value is -2.88. The van der Waals surface area contributed by atoms with E-state index >= 15 is 0 Å². The number of aromatic nitrogens is 4. The second-order valence-corrected chi connectivity index (χ2v) is 7.26. The number of benzene rings is 1. The van der Waals surface area contributed by atoms with Crippen molar-refractivity contribution in [1.29, 1.82) is 0 Å². The number of halogens is 1. The number of carbonyl (C=O) groups excluding carboxylic acids is 1. The number of nitrogens with zero attached hydrogens (tertiary/aromatic N) is 5. The average molecular weight is 388 g/mol. The summed E-state index contributed by atoms with van der Waals surface area (Å²) < 4.78 is 15.8. The van der Waals surface area contributed by atoms with Gasteiger partial charge in [-0.25, -0.2) is 4.39 Å². The maximum atomic E-state index is 14.2.